The van der Waals surface area contributed by atoms with Crippen molar-refractivity contribution in [2.75, 3.05) is 4.90 Å². The summed E-state index contributed by atoms with van der Waals surface area (Å²) in [7, 11) is 0. The summed E-state index contributed by atoms with van der Waals surface area (Å²) in [4.78, 5) is 35.2. The van der Waals surface area contributed by atoms with Crippen LogP contribution in [0.3, 0.4) is 0 Å². The summed E-state index contributed by atoms with van der Waals surface area (Å²) in [5, 5.41) is 11.0. The molecular formula is C13H14N2O5. The van der Waals surface area contributed by atoms with Gasteiger partial charge in [-0.05, 0) is 32.9 Å². The Morgan fingerprint density at radius 1 is 1.35 bits per heavy atom. The predicted molar refractivity (Wildman–Crippen MR) is 69.9 cm³/mol. The molecule has 1 atom stereocenters. The quantitative estimate of drug-likeness (QED) is 0.580. The maximum absolute atomic E-state index is 12.1. The maximum Gasteiger partial charge on any atom is 0.421 e. The van der Waals surface area contributed by atoms with Gasteiger partial charge >= 0.3 is 18.0 Å². The largest absolute Gasteiger partial charge is 0.443 e. The second-order valence-electron chi connectivity index (χ2n) is 5.40. The zero-order valence-corrected chi connectivity index (χ0v) is 11.3. The number of para-hydroxylation sites is 1. The molecule has 0 aliphatic carbocycles. The third-order valence-electron chi connectivity index (χ3n) is 2.71. The van der Waals surface area contributed by atoms with E-state index in [0.29, 0.717) is 0 Å². The van der Waals surface area contributed by atoms with E-state index in [0.717, 1.165) is 4.90 Å². The Morgan fingerprint density at radius 3 is 2.50 bits per heavy atom. The van der Waals surface area contributed by atoms with Crippen molar-refractivity contribution in [2.45, 2.75) is 32.4 Å². The van der Waals surface area contributed by atoms with Gasteiger partial charge in [-0.1, -0.05) is 12.1 Å². The van der Waals surface area contributed by atoms with E-state index in [1.165, 1.54) is 12.1 Å². The average Bonchev–Trinajstić information content (AvgIpc) is 2.58. The first-order valence-electron chi connectivity index (χ1n) is 6.02. The zero-order chi connectivity index (χ0) is 15.1. The molecule has 2 amide bonds. The summed E-state index contributed by atoms with van der Waals surface area (Å²) in [5.74, 6) is -0.898. The fourth-order valence-electron chi connectivity index (χ4n) is 2.00. The molecule has 1 heterocycles. The van der Waals surface area contributed by atoms with Crippen LogP contribution >= 0.6 is 0 Å². The van der Waals surface area contributed by atoms with E-state index >= 15 is 0 Å². The van der Waals surface area contributed by atoms with Gasteiger partial charge in [0.25, 0.3) is 0 Å². The monoisotopic (exact) mass is 278 g/mol. The molecule has 0 bridgehead atoms. The number of fused-ring (bicyclic) bond motifs is 1. The Morgan fingerprint density at radius 2 is 1.95 bits per heavy atom. The molecule has 2 rings (SSSR count). The van der Waals surface area contributed by atoms with E-state index < -0.39 is 28.6 Å². The minimum atomic E-state index is -1.56. The van der Waals surface area contributed by atoms with Crippen molar-refractivity contribution in [1.29, 1.82) is 0 Å². The second kappa shape index (κ2) is 4.59. The van der Waals surface area contributed by atoms with Crippen LogP contribution in [0.5, 0.6) is 0 Å². The Bertz CT molecular complexity index is 591. The number of carbonyl (C=O) groups excluding carboxylic acids is 2. The van der Waals surface area contributed by atoms with Gasteiger partial charge in [0.2, 0.25) is 0 Å². The van der Waals surface area contributed by atoms with Crippen LogP contribution in [-0.2, 0) is 9.53 Å². The molecule has 1 aromatic rings. The van der Waals surface area contributed by atoms with E-state index in [9.17, 15) is 19.7 Å². The molecule has 20 heavy (non-hydrogen) atoms. The standard InChI is InChI=1S/C13H14N2O5/c1-13(2,3)20-12(17)14-9-7-5-4-6-8(9)10(11(14)16)15(18)19/h4-7,10H,1-3H3. The molecule has 1 aromatic carbocycles. The topological polar surface area (TPSA) is 89.8 Å². The van der Waals surface area contributed by atoms with Crippen molar-refractivity contribution in [2.24, 2.45) is 0 Å². The molecule has 7 nitrogen and oxygen atoms in total. The van der Waals surface area contributed by atoms with Crippen LogP contribution in [0.25, 0.3) is 0 Å². The predicted octanol–water partition coefficient (Wildman–Crippen LogP) is 2.29. The molecule has 0 fully saturated rings. The Labute approximate surface area is 115 Å². The summed E-state index contributed by atoms with van der Waals surface area (Å²) in [6.45, 7) is 4.97. The van der Waals surface area contributed by atoms with Gasteiger partial charge in [0, 0.05) is 4.92 Å². The lowest BCUT2D eigenvalue weighted by Gasteiger charge is -2.23. The fraction of sp³-hybridized carbons (Fsp3) is 0.385. The minimum absolute atomic E-state index is 0.202. The van der Waals surface area contributed by atoms with Crippen molar-refractivity contribution < 1.29 is 19.2 Å². The lowest BCUT2D eigenvalue weighted by atomic mass is 10.1. The normalized spacial score (nSPS) is 17.9. The highest BCUT2D eigenvalue weighted by Gasteiger charge is 2.49. The third kappa shape index (κ3) is 2.34. The first-order valence-corrected chi connectivity index (χ1v) is 6.02. The van der Waals surface area contributed by atoms with Gasteiger partial charge in [0.15, 0.2) is 0 Å². The van der Waals surface area contributed by atoms with Crippen LogP contribution in [0.15, 0.2) is 24.3 Å². The van der Waals surface area contributed by atoms with Crippen molar-refractivity contribution >= 4 is 17.7 Å². The van der Waals surface area contributed by atoms with Gasteiger partial charge in [-0.2, -0.15) is 0 Å². The lowest BCUT2D eigenvalue weighted by molar-refractivity contribution is -0.512. The molecular weight excluding hydrogens is 264 g/mol. The molecule has 1 aliphatic rings. The van der Waals surface area contributed by atoms with Crippen LogP contribution in [0, 0.1) is 10.1 Å². The van der Waals surface area contributed by atoms with Gasteiger partial charge in [0.1, 0.15) is 5.60 Å². The molecule has 7 heteroatoms. The van der Waals surface area contributed by atoms with Gasteiger partial charge < -0.3 is 4.74 Å². The average molecular weight is 278 g/mol. The molecule has 0 N–H and O–H groups in total. The Kier molecular flexibility index (Phi) is 3.21. The number of amides is 2. The van der Waals surface area contributed by atoms with Gasteiger partial charge in [0.05, 0.1) is 11.3 Å². The molecule has 0 aromatic heterocycles. The molecule has 0 radical (unpaired) electrons. The molecule has 0 spiro atoms. The highest BCUT2D eigenvalue weighted by molar-refractivity contribution is 6.18. The second-order valence-corrected chi connectivity index (χ2v) is 5.40. The van der Waals surface area contributed by atoms with E-state index in [1.807, 2.05) is 0 Å². The maximum atomic E-state index is 12.1. The van der Waals surface area contributed by atoms with E-state index in [4.69, 9.17) is 4.74 Å². The number of anilines is 1. The van der Waals surface area contributed by atoms with E-state index in [1.54, 1.807) is 32.9 Å². The number of nitro groups is 1. The molecule has 1 aliphatic heterocycles. The summed E-state index contributed by atoms with van der Waals surface area (Å²) in [5.41, 5.74) is -0.388. The van der Waals surface area contributed by atoms with Gasteiger partial charge in [-0.3, -0.25) is 14.9 Å². The van der Waals surface area contributed by atoms with Crippen molar-refractivity contribution in [3.63, 3.8) is 0 Å². The first-order chi connectivity index (χ1) is 9.22. The molecule has 0 saturated heterocycles. The number of hydrogen-bond donors (Lipinski definition) is 0. The highest BCUT2D eigenvalue weighted by Crippen LogP contribution is 2.38. The number of ether oxygens (including phenoxy) is 1. The highest BCUT2D eigenvalue weighted by atomic mass is 16.6. The first kappa shape index (κ1) is 14.0. The summed E-state index contributed by atoms with van der Waals surface area (Å²) < 4.78 is 5.12. The van der Waals surface area contributed by atoms with E-state index in [-0.39, 0.29) is 11.3 Å². The van der Waals surface area contributed by atoms with Crippen LogP contribution in [0.1, 0.15) is 32.4 Å². The van der Waals surface area contributed by atoms with Crippen LogP contribution in [0.2, 0.25) is 0 Å². The van der Waals surface area contributed by atoms with Crippen LogP contribution in [0.4, 0.5) is 10.5 Å². The molecule has 106 valence electrons. The van der Waals surface area contributed by atoms with Crippen LogP contribution < -0.4 is 4.90 Å². The molecule has 0 saturated carbocycles. The SMILES string of the molecule is CC(C)(C)OC(=O)N1C(=O)C([N+](=O)[O-])c2ccccc21. The van der Waals surface area contributed by atoms with Crippen molar-refractivity contribution in [3.05, 3.63) is 39.9 Å². The Hall–Kier alpha value is -2.44. The minimum Gasteiger partial charge on any atom is -0.443 e. The number of hydrogen-bond acceptors (Lipinski definition) is 5. The zero-order valence-electron chi connectivity index (χ0n) is 11.3. The number of nitrogens with zero attached hydrogens (tertiary/aromatic N) is 2. The van der Waals surface area contributed by atoms with Crippen LogP contribution in [-0.4, -0.2) is 22.5 Å². The van der Waals surface area contributed by atoms with E-state index in [2.05, 4.69) is 0 Å². The summed E-state index contributed by atoms with van der Waals surface area (Å²) >= 11 is 0. The lowest BCUT2D eigenvalue weighted by Crippen LogP contribution is -2.40. The van der Waals surface area contributed by atoms with Crippen molar-refractivity contribution in [1.82, 2.24) is 0 Å². The number of benzene rings is 1. The number of rotatable bonds is 1. The summed E-state index contributed by atoms with van der Waals surface area (Å²) in [6, 6.07) is 4.58. The smallest absolute Gasteiger partial charge is 0.421 e. The van der Waals surface area contributed by atoms with Gasteiger partial charge in [-0.15, -0.1) is 0 Å². The third-order valence-corrected chi connectivity index (χ3v) is 2.71. The number of carbonyl (C=O) groups is 2. The number of imide groups is 1. The Balaban J connectivity index is 2.43. The van der Waals surface area contributed by atoms with Crippen molar-refractivity contribution in [3.8, 4) is 0 Å². The summed E-state index contributed by atoms with van der Waals surface area (Å²) in [6.07, 6.45) is -0.903. The van der Waals surface area contributed by atoms with Gasteiger partial charge in [-0.25, -0.2) is 9.69 Å². The molecule has 1 unspecified atom stereocenters. The fourth-order valence-corrected chi connectivity index (χ4v) is 2.00.